The third-order valence-corrected chi connectivity index (χ3v) is 3.66. The molecule has 96 valence electrons. The highest BCUT2D eigenvalue weighted by atomic mass is 35.5. The Bertz CT molecular complexity index is 471. The first kappa shape index (κ1) is 16.2. The van der Waals surface area contributed by atoms with E-state index < -0.39 is 0 Å². The highest BCUT2D eigenvalue weighted by Crippen LogP contribution is 2.31. The SMILES string of the molecule is Clc1cc(Cl)c(Cl)cc1Cl.Clc1cccc(Cl)c1. The van der Waals surface area contributed by atoms with Crippen LogP contribution in [-0.4, -0.2) is 0 Å². The lowest BCUT2D eigenvalue weighted by atomic mass is 10.4. The lowest BCUT2D eigenvalue weighted by Gasteiger charge is -1.97. The average Bonchev–Trinajstić information content (AvgIpc) is 2.27. The monoisotopic (exact) mass is 360 g/mol. The van der Waals surface area contributed by atoms with Gasteiger partial charge < -0.3 is 0 Å². The molecule has 0 spiro atoms. The standard InChI is InChI=1S/C6H2Cl4.C6H4Cl2/c7-3-1-4(8)6(10)2-5(3)9;7-5-2-1-3-6(8)4-5/h1-2H;1-4H. The second-order valence-electron chi connectivity index (χ2n) is 3.12. The lowest BCUT2D eigenvalue weighted by molar-refractivity contribution is 1.70. The van der Waals surface area contributed by atoms with E-state index in [1.54, 1.807) is 18.2 Å². The molecule has 2 rings (SSSR count). The summed E-state index contributed by atoms with van der Waals surface area (Å²) in [6.07, 6.45) is 0. The Morgan fingerprint density at radius 3 is 1.06 bits per heavy atom. The van der Waals surface area contributed by atoms with Crippen LogP contribution in [0.3, 0.4) is 0 Å². The van der Waals surface area contributed by atoms with Crippen molar-refractivity contribution in [1.82, 2.24) is 0 Å². The fraction of sp³-hybridized carbons (Fsp3) is 0. The van der Waals surface area contributed by atoms with Crippen LogP contribution in [0.25, 0.3) is 0 Å². The predicted octanol–water partition coefficient (Wildman–Crippen LogP) is 7.29. The van der Waals surface area contributed by atoms with E-state index in [1.165, 1.54) is 12.1 Å². The number of halogens is 6. The zero-order valence-corrected chi connectivity index (χ0v) is 13.3. The van der Waals surface area contributed by atoms with Crippen molar-refractivity contribution in [1.29, 1.82) is 0 Å². The molecule has 0 fully saturated rings. The summed E-state index contributed by atoms with van der Waals surface area (Å²) in [5.74, 6) is 0. The first-order chi connectivity index (χ1) is 8.40. The van der Waals surface area contributed by atoms with E-state index in [-0.39, 0.29) is 0 Å². The first-order valence-electron chi connectivity index (χ1n) is 4.61. The molecule has 0 saturated carbocycles. The largest absolute Gasteiger partial charge is 0.0843 e. The molecule has 0 nitrogen and oxygen atoms in total. The maximum Gasteiger partial charge on any atom is 0.0608 e. The van der Waals surface area contributed by atoms with Gasteiger partial charge in [-0.2, -0.15) is 0 Å². The molecule has 0 aliphatic heterocycles. The van der Waals surface area contributed by atoms with Gasteiger partial charge in [0.05, 0.1) is 20.1 Å². The molecule has 0 N–H and O–H groups in total. The second kappa shape index (κ2) is 7.69. The summed E-state index contributed by atoms with van der Waals surface area (Å²) >= 11 is 33.6. The van der Waals surface area contributed by atoms with E-state index in [1.807, 2.05) is 6.07 Å². The highest BCUT2D eigenvalue weighted by molar-refractivity contribution is 6.47. The zero-order valence-electron chi connectivity index (χ0n) is 8.73. The van der Waals surface area contributed by atoms with Crippen molar-refractivity contribution >= 4 is 69.6 Å². The van der Waals surface area contributed by atoms with Crippen LogP contribution in [0.2, 0.25) is 30.1 Å². The Hall–Kier alpha value is 0.180. The predicted molar refractivity (Wildman–Crippen MR) is 82.9 cm³/mol. The lowest BCUT2D eigenvalue weighted by Crippen LogP contribution is -1.70. The average molecular weight is 363 g/mol. The van der Waals surface area contributed by atoms with Crippen LogP contribution < -0.4 is 0 Å². The summed E-state index contributed by atoms with van der Waals surface area (Å²) in [5.41, 5.74) is 0. The highest BCUT2D eigenvalue weighted by Gasteiger charge is 2.02. The molecule has 0 aromatic heterocycles. The van der Waals surface area contributed by atoms with Crippen LogP contribution in [0.1, 0.15) is 0 Å². The molecule has 0 aliphatic rings. The van der Waals surface area contributed by atoms with E-state index in [2.05, 4.69) is 0 Å². The quantitative estimate of drug-likeness (QED) is 0.431. The van der Waals surface area contributed by atoms with Crippen LogP contribution in [0.5, 0.6) is 0 Å². The molecular formula is C12H6Cl6. The smallest absolute Gasteiger partial charge is 0.0608 e. The number of benzene rings is 2. The van der Waals surface area contributed by atoms with E-state index in [9.17, 15) is 0 Å². The van der Waals surface area contributed by atoms with Crippen molar-refractivity contribution in [3.63, 3.8) is 0 Å². The summed E-state index contributed by atoms with van der Waals surface area (Å²) in [5, 5.41) is 3.01. The van der Waals surface area contributed by atoms with Gasteiger partial charge in [0.15, 0.2) is 0 Å². The Morgan fingerprint density at radius 1 is 0.500 bits per heavy atom. The molecule has 0 aliphatic carbocycles. The topological polar surface area (TPSA) is 0 Å². The molecule has 2 aromatic carbocycles. The molecule has 0 atom stereocenters. The van der Waals surface area contributed by atoms with Gasteiger partial charge in [0.2, 0.25) is 0 Å². The Morgan fingerprint density at radius 2 is 0.833 bits per heavy atom. The van der Waals surface area contributed by atoms with Crippen molar-refractivity contribution in [2.45, 2.75) is 0 Å². The van der Waals surface area contributed by atoms with Crippen LogP contribution in [-0.2, 0) is 0 Å². The molecule has 0 bridgehead atoms. The number of hydrogen-bond acceptors (Lipinski definition) is 0. The summed E-state index contributed by atoms with van der Waals surface area (Å²) < 4.78 is 0. The Balaban J connectivity index is 0.000000184. The second-order valence-corrected chi connectivity index (χ2v) is 5.62. The minimum Gasteiger partial charge on any atom is -0.0843 e. The van der Waals surface area contributed by atoms with Crippen LogP contribution >= 0.6 is 69.6 Å². The Kier molecular flexibility index (Phi) is 6.94. The van der Waals surface area contributed by atoms with Crippen LogP contribution in [0, 0.1) is 0 Å². The molecular weight excluding hydrogens is 357 g/mol. The maximum atomic E-state index is 5.61. The summed E-state index contributed by atoms with van der Waals surface area (Å²) in [6, 6.07) is 10.1. The third kappa shape index (κ3) is 5.44. The summed E-state index contributed by atoms with van der Waals surface area (Å²) in [7, 11) is 0. The molecule has 18 heavy (non-hydrogen) atoms. The number of hydrogen-bond donors (Lipinski definition) is 0. The molecule has 0 heterocycles. The van der Waals surface area contributed by atoms with Crippen molar-refractivity contribution < 1.29 is 0 Å². The van der Waals surface area contributed by atoms with Gasteiger partial charge in [-0.1, -0.05) is 75.7 Å². The molecule has 6 heteroatoms. The molecule has 0 radical (unpaired) electrons. The van der Waals surface area contributed by atoms with E-state index in [0.717, 1.165) is 0 Å². The van der Waals surface area contributed by atoms with E-state index >= 15 is 0 Å². The van der Waals surface area contributed by atoms with Gasteiger partial charge in [0, 0.05) is 10.0 Å². The summed E-state index contributed by atoms with van der Waals surface area (Å²) in [6.45, 7) is 0. The van der Waals surface area contributed by atoms with Gasteiger partial charge in [-0.15, -0.1) is 0 Å². The van der Waals surface area contributed by atoms with Gasteiger partial charge in [-0.05, 0) is 30.3 Å². The fourth-order valence-corrected chi connectivity index (χ4v) is 2.16. The normalized spacial score (nSPS) is 9.67. The molecule has 0 saturated heterocycles. The number of rotatable bonds is 0. The third-order valence-electron chi connectivity index (χ3n) is 1.75. The van der Waals surface area contributed by atoms with E-state index in [4.69, 9.17) is 69.6 Å². The first-order valence-corrected chi connectivity index (χ1v) is 6.88. The fourth-order valence-electron chi connectivity index (χ4n) is 0.958. The molecule has 0 unspecified atom stereocenters. The van der Waals surface area contributed by atoms with Gasteiger partial charge in [-0.25, -0.2) is 0 Å². The maximum absolute atomic E-state index is 5.61. The van der Waals surface area contributed by atoms with Crippen molar-refractivity contribution in [2.75, 3.05) is 0 Å². The Labute approximate surface area is 135 Å². The molecule has 2 aromatic rings. The summed E-state index contributed by atoms with van der Waals surface area (Å²) in [4.78, 5) is 0. The van der Waals surface area contributed by atoms with Gasteiger partial charge in [0.1, 0.15) is 0 Å². The van der Waals surface area contributed by atoms with Crippen molar-refractivity contribution in [2.24, 2.45) is 0 Å². The van der Waals surface area contributed by atoms with Crippen LogP contribution in [0.4, 0.5) is 0 Å². The minimum absolute atomic E-state index is 0.413. The zero-order chi connectivity index (χ0) is 13.7. The van der Waals surface area contributed by atoms with E-state index in [0.29, 0.717) is 30.1 Å². The van der Waals surface area contributed by atoms with Crippen molar-refractivity contribution in [3.05, 3.63) is 66.5 Å². The van der Waals surface area contributed by atoms with Gasteiger partial charge >= 0.3 is 0 Å². The van der Waals surface area contributed by atoms with Gasteiger partial charge in [-0.3, -0.25) is 0 Å². The minimum atomic E-state index is 0.413. The van der Waals surface area contributed by atoms with Crippen LogP contribution in [0.15, 0.2) is 36.4 Å². The van der Waals surface area contributed by atoms with Gasteiger partial charge in [0.25, 0.3) is 0 Å². The molecule has 0 amide bonds. The van der Waals surface area contributed by atoms with Crippen molar-refractivity contribution in [3.8, 4) is 0 Å².